The fourth-order valence-electron chi connectivity index (χ4n) is 4.23. The zero-order valence-electron chi connectivity index (χ0n) is 20.0. The van der Waals surface area contributed by atoms with Crippen molar-refractivity contribution in [2.45, 2.75) is 57.0 Å². The molecule has 1 aliphatic rings. The van der Waals surface area contributed by atoms with Gasteiger partial charge in [0.05, 0.1) is 12.0 Å². The van der Waals surface area contributed by atoms with Gasteiger partial charge in [-0.3, -0.25) is 9.59 Å². The SMILES string of the molecule is COc1ccccc1CNC(=O)C(=O)NCCC1CCCCN1S(=O)(=O)c1cc(C)ccc1C. The van der Waals surface area contributed by atoms with E-state index >= 15 is 0 Å². The fraction of sp³-hybridized carbons (Fsp3) is 0.440. The number of ether oxygens (including phenoxy) is 1. The molecule has 8 nitrogen and oxygen atoms in total. The number of aryl methyl sites for hydroxylation is 2. The average Bonchev–Trinajstić information content (AvgIpc) is 2.84. The topological polar surface area (TPSA) is 105 Å². The molecule has 9 heteroatoms. The van der Waals surface area contributed by atoms with E-state index in [1.807, 2.05) is 37.3 Å². The molecule has 0 aliphatic carbocycles. The summed E-state index contributed by atoms with van der Waals surface area (Å²) in [5.74, 6) is -0.852. The second-order valence-electron chi connectivity index (χ2n) is 8.57. The third kappa shape index (κ3) is 6.15. The number of nitrogens with zero attached hydrogens (tertiary/aromatic N) is 1. The fourth-order valence-corrected chi connectivity index (χ4v) is 6.26. The molecule has 2 N–H and O–H groups in total. The molecule has 0 spiro atoms. The van der Waals surface area contributed by atoms with Gasteiger partial charge in [0.2, 0.25) is 10.0 Å². The number of amides is 2. The molecule has 2 aromatic carbocycles. The second kappa shape index (κ2) is 11.5. The van der Waals surface area contributed by atoms with Crippen LogP contribution >= 0.6 is 0 Å². The minimum Gasteiger partial charge on any atom is -0.496 e. The van der Waals surface area contributed by atoms with Gasteiger partial charge in [0.25, 0.3) is 0 Å². The Morgan fingerprint density at radius 2 is 1.79 bits per heavy atom. The lowest BCUT2D eigenvalue weighted by molar-refractivity contribution is -0.139. The molecule has 184 valence electrons. The summed E-state index contributed by atoms with van der Waals surface area (Å²) in [5, 5.41) is 5.21. The number of sulfonamides is 1. The summed E-state index contributed by atoms with van der Waals surface area (Å²) < 4.78 is 33.6. The quantitative estimate of drug-likeness (QED) is 0.557. The number of methoxy groups -OCH3 is 1. The molecule has 0 saturated carbocycles. The van der Waals surface area contributed by atoms with Crippen LogP contribution in [0.1, 0.15) is 42.4 Å². The molecular weight excluding hydrogens is 454 g/mol. The van der Waals surface area contributed by atoms with E-state index in [1.165, 1.54) is 0 Å². The van der Waals surface area contributed by atoms with Crippen molar-refractivity contribution in [2.75, 3.05) is 20.2 Å². The molecule has 0 aromatic heterocycles. The number of carbonyl (C=O) groups excluding carboxylic acids is 2. The highest BCUT2D eigenvalue weighted by atomic mass is 32.2. The lowest BCUT2D eigenvalue weighted by Crippen LogP contribution is -2.46. The minimum atomic E-state index is -3.65. The lowest BCUT2D eigenvalue weighted by atomic mass is 10.0. The summed E-state index contributed by atoms with van der Waals surface area (Å²) in [7, 11) is -2.10. The zero-order chi connectivity index (χ0) is 24.7. The largest absolute Gasteiger partial charge is 0.496 e. The molecule has 0 radical (unpaired) electrons. The van der Waals surface area contributed by atoms with Crippen molar-refractivity contribution in [1.29, 1.82) is 0 Å². The van der Waals surface area contributed by atoms with E-state index in [-0.39, 0.29) is 19.1 Å². The Balaban J connectivity index is 1.56. The summed E-state index contributed by atoms with van der Waals surface area (Å²) >= 11 is 0. The highest BCUT2D eigenvalue weighted by molar-refractivity contribution is 7.89. The first-order chi connectivity index (χ1) is 16.2. The predicted octanol–water partition coefficient (Wildman–Crippen LogP) is 2.68. The zero-order valence-corrected chi connectivity index (χ0v) is 20.8. The Morgan fingerprint density at radius 3 is 2.56 bits per heavy atom. The van der Waals surface area contributed by atoms with E-state index in [0.29, 0.717) is 23.6 Å². The maximum atomic E-state index is 13.4. The molecular formula is C25H33N3O5S. The third-order valence-corrected chi connectivity index (χ3v) is 8.20. The van der Waals surface area contributed by atoms with Crippen LogP contribution in [0, 0.1) is 13.8 Å². The number of piperidine rings is 1. The summed E-state index contributed by atoms with van der Waals surface area (Å²) in [5.41, 5.74) is 2.37. The molecule has 1 heterocycles. The van der Waals surface area contributed by atoms with Gasteiger partial charge < -0.3 is 15.4 Å². The number of nitrogens with one attached hydrogen (secondary N) is 2. The number of benzene rings is 2. The maximum absolute atomic E-state index is 13.4. The normalized spacial score (nSPS) is 16.6. The van der Waals surface area contributed by atoms with Gasteiger partial charge in [-0.2, -0.15) is 4.31 Å². The van der Waals surface area contributed by atoms with E-state index in [1.54, 1.807) is 30.5 Å². The Labute approximate surface area is 201 Å². The van der Waals surface area contributed by atoms with Crippen LogP contribution in [0.25, 0.3) is 0 Å². The Morgan fingerprint density at radius 1 is 1.06 bits per heavy atom. The van der Waals surface area contributed by atoms with Crippen molar-refractivity contribution < 1.29 is 22.7 Å². The van der Waals surface area contributed by atoms with Crippen molar-refractivity contribution >= 4 is 21.8 Å². The first-order valence-electron chi connectivity index (χ1n) is 11.5. The molecule has 0 bridgehead atoms. The van der Waals surface area contributed by atoms with E-state index < -0.39 is 21.8 Å². The van der Waals surface area contributed by atoms with Crippen molar-refractivity contribution in [3.63, 3.8) is 0 Å². The van der Waals surface area contributed by atoms with Crippen LogP contribution in [-0.4, -0.2) is 50.8 Å². The number of carbonyl (C=O) groups is 2. The van der Waals surface area contributed by atoms with E-state index in [4.69, 9.17) is 4.74 Å². The summed E-state index contributed by atoms with van der Waals surface area (Å²) in [6.07, 6.45) is 2.89. The van der Waals surface area contributed by atoms with Gasteiger partial charge >= 0.3 is 11.8 Å². The van der Waals surface area contributed by atoms with Crippen LogP contribution in [0.15, 0.2) is 47.4 Å². The van der Waals surface area contributed by atoms with Crippen molar-refractivity contribution in [1.82, 2.24) is 14.9 Å². The van der Waals surface area contributed by atoms with E-state index in [9.17, 15) is 18.0 Å². The first-order valence-corrected chi connectivity index (χ1v) is 12.9. The number of hydrogen-bond acceptors (Lipinski definition) is 5. The minimum absolute atomic E-state index is 0.167. The predicted molar refractivity (Wildman–Crippen MR) is 130 cm³/mol. The van der Waals surface area contributed by atoms with Gasteiger partial charge in [0.15, 0.2) is 0 Å². The molecule has 2 aromatic rings. The number of rotatable bonds is 8. The molecule has 1 atom stereocenters. The van der Waals surface area contributed by atoms with Crippen molar-refractivity contribution in [3.8, 4) is 5.75 Å². The number of hydrogen-bond donors (Lipinski definition) is 2. The lowest BCUT2D eigenvalue weighted by Gasteiger charge is -2.35. The molecule has 1 aliphatic heterocycles. The van der Waals surface area contributed by atoms with Gasteiger partial charge in [0.1, 0.15) is 5.75 Å². The van der Waals surface area contributed by atoms with E-state index in [0.717, 1.165) is 36.0 Å². The van der Waals surface area contributed by atoms with E-state index in [2.05, 4.69) is 10.6 Å². The van der Waals surface area contributed by atoms with Gasteiger partial charge in [0, 0.05) is 31.2 Å². The van der Waals surface area contributed by atoms with Crippen molar-refractivity contribution in [2.24, 2.45) is 0 Å². The van der Waals surface area contributed by atoms with Crippen LogP contribution in [0.5, 0.6) is 5.75 Å². The first kappa shape index (κ1) is 25.7. The molecule has 1 fully saturated rings. The smallest absolute Gasteiger partial charge is 0.309 e. The Bertz CT molecular complexity index is 1130. The van der Waals surface area contributed by atoms with Gasteiger partial charge in [-0.1, -0.05) is 36.8 Å². The summed E-state index contributed by atoms with van der Waals surface area (Å²) in [6.45, 7) is 4.51. The molecule has 34 heavy (non-hydrogen) atoms. The van der Waals surface area contributed by atoms with Crippen LogP contribution in [-0.2, 0) is 26.2 Å². The highest BCUT2D eigenvalue weighted by Crippen LogP contribution is 2.29. The molecule has 2 amide bonds. The Kier molecular flexibility index (Phi) is 8.68. The van der Waals surface area contributed by atoms with Crippen LogP contribution < -0.4 is 15.4 Å². The monoisotopic (exact) mass is 487 g/mol. The van der Waals surface area contributed by atoms with Crippen molar-refractivity contribution in [3.05, 3.63) is 59.2 Å². The summed E-state index contributed by atoms with van der Waals surface area (Å²) in [4.78, 5) is 24.8. The van der Waals surface area contributed by atoms with Gasteiger partial charge in [-0.05, 0) is 56.4 Å². The summed E-state index contributed by atoms with van der Waals surface area (Å²) in [6, 6.07) is 12.5. The molecule has 1 unspecified atom stereocenters. The molecule has 1 saturated heterocycles. The Hall–Kier alpha value is -2.91. The van der Waals surface area contributed by atoms with Crippen LogP contribution in [0.4, 0.5) is 0 Å². The third-order valence-electron chi connectivity index (χ3n) is 6.10. The second-order valence-corrected chi connectivity index (χ2v) is 10.4. The maximum Gasteiger partial charge on any atom is 0.309 e. The highest BCUT2D eigenvalue weighted by Gasteiger charge is 2.34. The standard InChI is InChI=1S/C25H33N3O5S/c1-18-11-12-19(2)23(16-18)34(31,32)28-15-7-6-9-21(28)13-14-26-24(29)25(30)27-17-20-8-4-5-10-22(20)33-3/h4-5,8,10-12,16,21H,6-7,9,13-15,17H2,1-3H3,(H,26,29)(H,27,30). The van der Waals surface area contributed by atoms with Gasteiger partial charge in [-0.25, -0.2) is 8.42 Å². The number of para-hydroxylation sites is 1. The van der Waals surface area contributed by atoms with Crippen LogP contribution in [0.3, 0.4) is 0 Å². The molecule has 3 rings (SSSR count). The average molecular weight is 488 g/mol. The van der Waals surface area contributed by atoms with Crippen LogP contribution in [0.2, 0.25) is 0 Å². The van der Waals surface area contributed by atoms with Gasteiger partial charge in [-0.15, -0.1) is 0 Å².